The molecule has 0 aliphatic heterocycles. The van der Waals surface area contributed by atoms with Crippen LogP contribution in [0.15, 0.2) is 29.3 Å². The van der Waals surface area contributed by atoms with E-state index in [4.69, 9.17) is 5.73 Å². The van der Waals surface area contributed by atoms with Gasteiger partial charge in [-0.25, -0.2) is 4.99 Å². The van der Waals surface area contributed by atoms with Crippen LogP contribution < -0.4 is 11.1 Å². The van der Waals surface area contributed by atoms with E-state index in [9.17, 15) is 0 Å². The van der Waals surface area contributed by atoms with Gasteiger partial charge in [0.05, 0.1) is 6.54 Å². The lowest BCUT2D eigenvalue weighted by atomic mass is 9.85. The first-order valence-electron chi connectivity index (χ1n) is 10.0. The van der Waals surface area contributed by atoms with Crippen molar-refractivity contribution in [3.63, 3.8) is 0 Å². The van der Waals surface area contributed by atoms with Crippen molar-refractivity contribution in [2.24, 2.45) is 16.6 Å². The first-order chi connectivity index (χ1) is 12.2. The van der Waals surface area contributed by atoms with Crippen molar-refractivity contribution in [2.45, 2.75) is 70.5 Å². The van der Waals surface area contributed by atoms with Crippen LogP contribution in [0.2, 0.25) is 0 Å². The summed E-state index contributed by atoms with van der Waals surface area (Å²) in [5.41, 5.74) is 8.72. The second kappa shape index (κ2) is 9.23. The number of hydrogen-bond donors (Lipinski definition) is 2. The van der Waals surface area contributed by atoms with Crippen LogP contribution in [0.5, 0.6) is 0 Å². The van der Waals surface area contributed by atoms with Crippen LogP contribution in [0.25, 0.3) is 0 Å². The molecule has 1 aromatic rings. The Labute approximate surface area is 152 Å². The molecule has 0 unspecified atom stereocenters. The normalized spacial score (nSPS) is 19.8. The van der Waals surface area contributed by atoms with Crippen molar-refractivity contribution < 1.29 is 0 Å². The molecule has 25 heavy (non-hydrogen) atoms. The highest BCUT2D eigenvalue weighted by Gasteiger charge is 2.19. The van der Waals surface area contributed by atoms with E-state index in [1.165, 1.54) is 62.5 Å². The molecular formula is C21H34N4. The number of rotatable bonds is 7. The van der Waals surface area contributed by atoms with Crippen molar-refractivity contribution in [1.82, 2.24) is 10.2 Å². The van der Waals surface area contributed by atoms with E-state index in [0.717, 1.165) is 25.0 Å². The molecule has 3 N–H and O–H groups in total. The van der Waals surface area contributed by atoms with Gasteiger partial charge in [0, 0.05) is 19.1 Å². The molecular weight excluding hydrogens is 308 g/mol. The highest BCUT2D eigenvalue weighted by atomic mass is 15.1. The van der Waals surface area contributed by atoms with Crippen LogP contribution >= 0.6 is 0 Å². The van der Waals surface area contributed by atoms with Crippen LogP contribution in [-0.4, -0.2) is 30.5 Å². The SMILES string of the molecule is CN(Cc1ccccc1CN=C(N)NCC1CCC1)C1CCCCC1. The van der Waals surface area contributed by atoms with Gasteiger partial charge >= 0.3 is 0 Å². The molecule has 0 saturated heterocycles. The molecule has 0 radical (unpaired) electrons. The molecule has 0 aromatic heterocycles. The summed E-state index contributed by atoms with van der Waals surface area (Å²) >= 11 is 0. The maximum absolute atomic E-state index is 6.05. The monoisotopic (exact) mass is 342 g/mol. The molecule has 1 aromatic carbocycles. The largest absolute Gasteiger partial charge is 0.370 e. The molecule has 3 rings (SSSR count). The predicted molar refractivity (Wildman–Crippen MR) is 105 cm³/mol. The Balaban J connectivity index is 1.54. The van der Waals surface area contributed by atoms with Gasteiger partial charge in [0.15, 0.2) is 5.96 Å². The maximum atomic E-state index is 6.05. The fraction of sp³-hybridized carbons (Fsp3) is 0.667. The highest BCUT2D eigenvalue weighted by Crippen LogP contribution is 2.25. The molecule has 4 heteroatoms. The summed E-state index contributed by atoms with van der Waals surface area (Å²) in [4.78, 5) is 7.10. The Bertz CT molecular complexity index is 559. The summed E-state index contributed by atoms with van der Waals surface area (Å²) < 4.78 is 0. The van der Waals surface area contributed by atoms with Gasteiger partial charge in [0.2, 0.25) is 0 Å². The number of nitrogens with one attached hydrogen (secondary N) is 1. The molecule has 2 fully saturated rings. The molecule has 0 heterocycles. The van der Waals surface area contributed by atoms with Crippen molar-refractivity contribution in [2.75, 3.05) is 13.6 Å². The molecule has 0 atom stereocenters. The molecule has 138 valence electrons. The van der Waals surface area contributed by atoms with Gasteiger partial charge in [-0.2, -0.15) is 0 Å². The van der Waals surface area contributed by atoms with Crippen LogP contribution in [0.3, 0.4) is 0 Å². The van der Waals surface area contributed by atoms with Crippen molar-refractivity contribution >= 4 is 5.96 Å². The molecule has 2 saturated carbocycles. The third-order valence-corrected chi connectivity index (χ3v) is 5.95. The average Bonchev–Trinajstić information content (AvgIpc) is 2.60. The molecule has 2 aliphatic carbocycles. The molecule has 0 spiro atoms. The first kappa shape index (κ1) is 18.2. The fourth-order valence-corrected chi connectivity index (χ4v) is 3.96. The van der Waals surface area contributed by atoms with Crippen molar-refractivity contribution in [3.05, 3.63) is 35.4 Å². The van der Waals surface area contributed by atoms with Crippen molar-refractivity contribution in [3.8, 4) is 0 Å². The minimum absolute atomic E-state index is 0.585. The van der Waals surface area contributed by atoms with Gasteiger partial charge in [-0.3, -0.25) is 4.90 Å². The van der Waals surface area contributed by atoms with Crippen LogP contribution in [0.4, 0.5) is 0 Å². The van der Waals surface area contributed by atoms with Crippen LogP contribution in [0.1, 0.15) is 62.5 Å². The molecule has 0 bridgehead atoms. The van der Waals surface area contributed by atoms with Crippen LogP contribution in [-0.2, 0) is 13.1 Å². The second-order valence-corrected chi connectivity index (χ2v) is 7.85. The van der Waals surface area contributed by atoms with E-state index in [-0.39, 0.29) is 0 Å². The van der Waals surface area contributed by atoms with E-state index in [0.29, 0.717) is 12.5 Å². The summed E-state index contributed by atoms with van der Waals surface area (Å²) in [6, 6.07) is 9.40. The number of hydrogen-bond acceptors (Lipinski definition) is 2. The Hall–Kier alpha value is -1.55. The fourth-order valence-electron chi connectivity index (χ4n) is 3.96. The van der Waals surface area contributed by atoms with E-state index >= 15 is 0 Å². The van der Waals surface area contributed by atoms with Gasteiger partial charge in [0.1, 0.15) is 0 Å². The average molecular weight is 343 g/mol. The number of nitrogens with zero attached hydrogens (tertiary/aromatic N) is 2. The zero-order valence-electron chi connectivity index (χ0n) is 15.7. The second-order valence-electron chi connectivity index (χ2n) is 7.85. The Morgan fingerprint density at radius 1 is 1.08 bits per heavy atom. The zero-order valence-corrected chi connectivity index (χ0v) is 15.7. The van der Waals surface area contributed by atoms with E-state index in [2.05, 4.69) is 46.5 Å². The minimum Gasteiger partial charge on any atom is -0.370 e. The molecule has 4 nitrogen and oxygen atoms in total. The zero-order chi connectivity index (χ0) is 17.5. The molecule has 0 amide bonds. The lowest BCUT2D eigenvalue weighted by Crippen LogP contribution is -2.37. The topological polar surface area (TPSA) is 53.6 Å². The maximum Gasteiger partial charge on any atom is 0.188 e. The summed E-state index contributed by atoms with van der Waals surface area (Å²) in [6.45, 7) is 2.64. The van der Waals surface area contributed by atoms with E-state index < -0.39 is 0 Å². The number of nitrogens with two attached hydrogens (primary N) is 1. The van der Waals surface area contributed by atoms with Crippen LogP contribution in [0, 0.1) is 5.92 Å². The summed E-state index contributed by atoms with van der Waals surface area (Å²) in [7, 11) is 2.27. The number of benzene rings is 1. The van der Waals surface area contributed by atoms with Gasteiger partial charge < -0.3 is 11.1 Å². The third kappa shape index (κ3) is 5.46. The highest BCUT2D eigenvalue weighted by molar-refractivity contribution is 5.77. The van der Waals surface area contributed by atoms with E-state index in [1.54, 1.807) is 0 Å². The number of aliphatic imine (C=N–C) groups is 1. The summed E-state index contributed by atoms with van der Waals surface area (Å²) in [6.07, 6.45) is 10.9. The van der Waals surface area contributed by atoms with Gasteiger partial charge in [-0.15, -0.1) is 0 Å². The quantitative estimate of drug-likeness (QED) is 0.587. The Morgan fingerprint density at radius 2 is 1.80 bits per heavy atom. The van der Waals surface area contributed by atoms with Crippen molar-refractivity contribution in [1.29, 1.82) is 0 Å². The molecule has 2 aliphatic rings. The lowest BCUT2D eigenvalue weighted by molar-refractivity contribution is 0.184. The standard InChI is InChI=1S/C21H34N4/c1-25(20-12-3-2-4-13-20)16-19-11-6-5-10-18(19)15-24-21(22)23-14-17-8-7-9-17/h5-6,10-11,17,20H,2-4,7-9,12-16H2,1H3,(H3,22,23,24). The summed E-state index contributed by atoms with van der Waals surface area (Å²) in [5, 5.41) is 3.28. The third-order valence-electron chi connectivity index (χ3n) is 5.95. The minimum atomic E-state index is 0.585. The predicted octanol–water partition coefficient (Wildman–Crippen LogP) is 3.66. The smallest absolute Gasteiger partial charge is 0.188 e. The van der Waals surface area contributed by atoms with Gasteiger partial charge in [-0.1, -0.05) is 49.9 Å². The Morgan fingerprint density at radius 3 is 2.48 bits per heavy atom. The van der Waals surface area contributed by atoms with Gasteiger partial charge in [-0.05, 0) is 49.8 Å². The Kier molecular flexibility index (Phi) is 6.74. The van der Waals surface area contributed by atoms with Gasteiger partial charge in [0.25, 0.3) is 0 Å². The summed E-state index contributed by atoms with van der Waals surface area (Å²) in [5.74, 6) is 1.38. The van der Waals surface area contributed by atoms with E-state index in [1.807, 2.05) is 0 Å². The number of guanidine groups is 1. The lowest BCUT2D eigenvalue weighted by Gasteiger charge is -2.31. The first-order valence-corrected chi connectivity index (χ1v) is 10.0.